The first-order valence-corrected chi connectivity index (χ1v) is 8.35. The molecule has 0 bridgehead atoms. The number of methoxy groups -OCH3 is 2. The molecule has 0 fully saturated rings. The molecule has 0 saturated heterocycles. The van der Waals surface area contributed by atoms with Crippen LogP contribution in [0, 0.1) is 0 Å². The van der Waals surface area contributed by atoms with Crippen LogP contribution in [-0.4, -0.2) is 26.7 Å². The van der Waals surface area contributed by atoms with E-state index in [1.807, 2.05) is 48.5 Å². The highest BCUT2D eigenvalue weighted by molar-refractivity contribution is 5.98. The SMILES string of the molecule is COc1ccc(OC)c(CCNC(=O)c2occc2-c2ccccc2)c1. The number of ether oxygens (including phenoxy) is 2. The van der Waals surface area contributed by atoms with Gasteiger partial charge in [0, 0.05) is 12.1 Å². The van der Waals surface area contributed by atoms with E-state index in [1.165, 1.54) is 6.26 Å². The third kappa shape index (κ3) is 3.88. The quantitative estimate of drug-likeness (QED) is 0.700. The Bertz CT molecular complexity index is 871. The van der Waals surface area contributed by atoms with E-state index in [0.29, 0.717) is 18.7 Å². The molecule has 134 valence electrons. The lowest BCUT2D eigenvalue weighted by Gasteiger charge is -2.11. The first kappa shape index (κ1) is 17.6. The van der Waals surface area contributed by atoms with Crippen LogP contribution in [0.5, 0.6) is 11.5 Å². The number of rotatable bonds is 7. The van der Waals surface area contributed by atoms with Crippen molar-refractivity contribution in [2.75, 3.05) is 20.8 Å². The Morgan fingerprint density at radius 2 is 1.85 bits per heavy atom. The molecule has 0 radical (unpaired) electrons. The van der Waals surface area contributed by atoms with Crippen LogP contribution < -0.4 is 14.8 Å². The number of amides is 1. The molecule has 3 aromatic rings. The summed E-state index contributed by atoms with van der Waals surface area (Å²) in [7, 11) is 3.24. The second-order valence-electron chi connectivity index (χ2n) is 5.71. The molecule has 5 nitrogen and oxygen atoms in total. The van der Waals surface area contributed by atoms with Crippen LogP contribution >= 0.6 is 0 Å². The van der Waals surface area contributed by atoms with Gasteiger partial charge in [0.25, 0.3) is 5.91 Å². The van der Waals surface area contributed by atoms with E-state index in [9.17, 15) is 4.79 Å². The van der Waals surface area contributed by atoms with Crippen LogP contribution in [0.15, 0.2) is 65.3 Å². The van der Waals surface area contributed by atoms with E-state index in [2.05, 4.69) is 5.32 Å². The van der Waals surface area contributed by atoms with Gasteiger partial charge in [0.2, 0.25) is 0 Å². The highest BCUT2D eigenvalue weighted by Gasteiger charge is 2.16. The van der Waals surface area contributed by atoms with Gasteiger partial charge in [0.1, 0.15) is 11.5 Å². The molecule has 5 heteroatoms. The minimum atomic E-state index is -0.240. The van der Waals surface area contributed by atoms with Crippen molar-refractivity contribution in [3.8, 4) is 22.6 Å². The fraction of sp³-hybridized carbons (Fsp3) is 0.190. The zero-order chi connectivity index (χ0) is 18.4. The molecule has 0 aliphatic carbocycles. The molecule has 26 heavy (non-hydrogen) atoms. The van der Waals surface area contributed by atoms with Crippen LogP contribution in [0.3, 0.4) is 0 Å². The standard InChI is InChI=1S/C21H21NO4/c1-24-17-8-9-19(25-2)16(14-17)10-12-22-21(23)20-18(11-13-26-20)15-6-4-3-5-7-15/h3-9,11,13-14H,10,12H2,1-2H3,(H,22,23). The van der Waals surface area contributed by atoms with Crippen molar-refractivity contribution in [1.82, 2.24) is 5.32 Å². The van der Waals surface area contributed by atoms with Crippen molar-refractivity contribution in [2.24, 2.45) is 0 Å². The molecule has 0 aliphatic heterocycles. The first-order chi connectivity index (χ1) is 12.7. The second-order valence-corrected chi connectivity index (χ2v) is 5.71. The fourth-order valence-electron chi connectivity index (χ4n) is 2.80. The van der Waals surface area contributed by atoms with E-state index >= 15 is 0 Å². The summed E-state index contributed by atoms with van der Waals surface area (Å²) in [5, 5.41) is 2.90. The van der Waals surface area contributed by atoms with Gasteiger partial charge in [0.15, 0.2) is 5.76 Å². The van der Waals surface area contributed by atoms with Gasteiger partial charge in [-0.2, -0.15) is 0 Å². The van der Waals surface area contributed by atoms with Crippen LogP contribution in [0.2, 0.25) is 0 Å². The average Bonchev–Trinajstić information content (AvgIpc) is 3.18. The Morgan fingerprint density at radius 1 is 1.04 bits per heavy atom. The van der Waals surface area contributed by atoms with Crippen LogP contribution in [0.1, 0.15) is 16.1 Å². The molecule has 2 aromatic carbocycles. The lowest BCUT2D eigenvalue weighted by atomic mass is 10.1. The summed E-state index contributed by atoms with van der Waals surface area (Å²) < 4.78 is 16.0. The molecule has 1 heterocycles. The van der Waals surface area contributed by atoms with Crippen molar-refractivity contribution in [3.05, 3.63) is 72.2 Å². The van der Waals surface area contributed by atoms with Crippen LogP contribution in [0.25, 0.3) is 11.1 Å². The summed E-state index contributed by atoms with van der Waals surface area (Å²) in [5.41, 5.74) is 2.69. The highest BCUT2D eigenvalue weighted by Crippen LogP contribution is 2.25. The largest absolute Gasteiger partial charge is 0.497 e. The molecule has 0 aliphatic rings. The fourth-order valence-corrected chi connectivity index (χ4v) is 2.80. The summed E-state index contributed by atoms with van der Waals surface area (Å²) in [6.07, 6.45) is 2.15. The van der Waals surface area contributed by atoms with E-state index in [4.69, 9.17) is 13.9 Å². The van der Waals surface area contributed by atoms with Gasteiger partial charge in [-0.15, -0.1) is 0 Å². The molecular formula is C21H21NO4. The molecule has 3 rings (SSSR count). The first-order valence-electron chi connectivity index (χ1n) is 8.35. The third-order valence-electron chi connectivity index (χ3n) is 4.12. The molecule has 1 amide bonds. The lowest BCUT2D eigenvalue weighted by Crippen LogP contribution is -2.25. The Balaban J connectivity index is 1.67. The summed E-state index contributed by atoms with van der Waals surface area (Å²) in [6, 6.07) is 17.1. The van der Waals surface area contributed by atoms with Crippen molar-refractivity contribution >= 4 is 5.91 Å². The maximum Gasteiger partial charge on any atom is 0.287 e. The Labute approximate surface area is 152 Å². The lowest BCUT2D eigenvalue weighted by molar-refractivity contribution is 0.0927. The monoisotopic (exact) mass is 351 g/mol. The van der Waals surface area contributed by atoms with Crippen molar-refractivity contribution in [3.63, 3.8) is 0 Å². The van der Waals surface area contributed by atoms with Gasteiger partial charge in [-0.3, -0.25) is 4.79 Å². The predicted molar refractivity (Wildman–Crippen MR) is 99.7 cm³/mol. The number of carbonyl (C=O) groups excluding carboxylic acids is 1. The normalized spacial score (nSPS) is 10.4. The van der Waals surface area contributed by atoms with Gasteiger partial charge in [-0.1, -0.05) is 30.3 Å². The summed E-state index contributed by atoms with van der Waals surface area (Å²) in [4.78, 5) is 12.5. The maximum atomic E-state index is 12.5. The van der Waals surface area contributed by atoms with Crippen molar-refractivity contribution in [2.45, 2.75) is 6.42 Å². The number of hydrogen-bond acceptors (Lipinski definition) is 4. The van der Waals surface area contributed by atoms with Gasteiger partial charge in [-0.25, -0.2) is 0 Å². The molecule has 0 atom stereocenters. The number of hydrogen-bond donors (Lipinski definition) is 1. The molecule has 0 spiro atoms. The number of nitrogens with one attached hydrogen (secondary N) is 1. The Hall–Kier alpha value is -3.21. The van der Waals surface area contributed by atoms with E-state index in [0.717, 1.165) is 28.2 Å². The van der Waals surface area contributed by atoms with Gasteiger partial charge < -0.3 is 19.2 Å². The molecule has 0 saturated carbocycles. The zero-order valence-electron chi connectivity index (χ0n) is 14.8. The molecule has 0 unspecified atom stereocenters. The highest BCUT2D eigenvalue weighted by atomic mass is 16.5. The smallest absolute Gasteiger partial charge is 0.287 e. The third-order valence-corrected chi connectivity index (χ3v) is 4.12. The summed E-state index contributed by atoms with van der Waals surface area (Å²) in [6.45, 7) is 0.456. The van der Waals surface area contributed by atoms with Gasteiger partial charge >= 0.3 is 0 Å². The Kier molecular flexibility index (Phi) is 5.59. The van der Waals surface area contributed by atoms with E-state index < -0.39 is 0 Å². The van der Waals surface area contributed by atoms with Gasteiger partial charge in [0.05, 0.1) is 20.5 Å². The van der Waals surface area contributed by atoms with Gasteiger partial charge in [-0.05, 0) is 41.8 Å². The van der Waals surface area contributed by atoms with Crippen molar-refractivity contribution in [1.29, 1.82) is 0 Å². The summed E-state index contributed by atoms with van der Waals surface area (Å²) in [5.74, 6) is 1.59. The van der Waals surface area contributed by atoms with E-state index in [1.54, 1.807) is 20.3 Å². The molecule has 1 aromatic heterocycles. The minimum Gasteiger partial charge on any atom is -0.497 e. The minimum absolute atomic E-state index is 0.240. The zero-order valence-corrected chi connectivity index (χ0v) is 14.8. The molecular weight excluding hydrogens is 330 g/mol. The van der Waals surface area contributed by atoms with Crippen molar-refractivity contribution < 1.29 is 18.7 Å². The predicted octanol–water partition coefficient (Wildman–Crippen LogP) is 3.94. The summed E-state index contributed by atoms with van der Waals surface area (Å²) >= 11 is 0. The Morgan fingerprint density at radius 3 is 2.58 bits per heavy atom. The average molecular weight is 351 g/mol. The number of benzene rings is 2. The topological polar surface area (TPSA) is 60.7 Å². The van der Waals surface area contributed by atoms with Crippen LogP contribution in [0.4, 0.5) is 0 Å². The van der Waals surface area contributed by atoms with E-state index in [-0.39, 0.29) is 5.91 Å². The second kappa shape index (κ2) is 8.25. The molecule has 1 N–H and O–H groups in total. The number of carbonyl (C=O) groups is 1. The maximum absolute atomic E-state index is 12.5. The van der Waals surface area contributed by atoms with Crippen LogP contribution in [-0.2, 0) is 6.42 Å². The number of furan rings is 1.